The summed E-state index contributed by atoms with van der Waals surface area (Å²) in [5.41, 5.74) is 4.64. The first kappa shape index (κ1) is 14.8. The molecule has 0 aromatic carbocycles. The van der Waals surface area contributed by atoms with E-state index in [4.69, 9.17) is 20.5 Å². The van der Waals surface area contributed by atoms with Gasteiger partial charge in [0.25, 0.3) is 0 Å². The van der Waals surface area contributed by atoms with Crippen LogP contribution in [0.5, 0.6) is 0 Å². The average molecular weight is 278 g/mol. The number of hydrogen-bond donors (Lipinski definition) is 3. The molecule has 1 aromatic heterocycles. The number of ether oxygens (including phenoxy) is 1. The van der Waals surface area contributed by atoms with Gasteiger partial charge in [-0.3, -0.25) is 4.57 Å². The van der Waals surface area contributed by atoms with Gasteiger partial charge in [0.05, 0.1) is 19.3 Å². The zero-order valence-electron chi connectivity index (χ0n) is 9.30. The minimum absolute atomic E-state index is 0.0529. The van der Waals surface area contributed by atoms with Crippen molar-refractivity contribution in [3.05, 3.63) is 22.7 Å². The minimum Gasteiger partial charge on any atom is -0.777 e. The number of nitrogens with two attached hydrogens (primary N) is 1. The summed E-state index contributed by atoms with van der Waals surface area (Å²) < 4.78 is 16.3. The van der Waals surface area contributed by atoms with E-state index in [1.54, 1.807) is 0 Å². The standard InChI is InChI=1S/C8H14N3O6P/c9-7-1-2-11(8(13)10-7)3-6(4-12)17-5-18(14,15)16/h1-2,6,12H,3-5H2,(H2,9,10,13)(H2,14,15,16)/p-1. The number of anilines is 1. The molecule has 0 fully saturated rings. The molecule has 0 amide bonds. The third-order valence-electron chi connectivity index (χ3n) is 1.97. The smallest absolute Gasteiger partial charge is 0.349 e. The number of nitrogen functional groups attached to an aromatic ring is 1. The van der Waals surface area contributed by atoms with Crippen molar-refractivity contribution in [3.8, 4) is 0 Å². The third-order valence-corrected chi connectivity index (χ3v) is 2.45. The molecule has 1 heterocycles. The monoisotopic (exact) mass is 278 g/mol. The molecule has 18 heavy (non-hydrogen) atoms. The van der Waals surface area contributed by atoms with E-state index in [0.29, 0.717) is 0 Å². The molecule has 0 radical (unpaired) electrons. The Morgan fingerprint density at radius 3 is 2.83 bits per heavy atom. The van der Waals surface area contributed by atoms with Crippen LogP contribution >= 0.6 is 7.60 Å². The van der Waals surface area contributed by atoms with Gasteiger partial charge in [-0.1, -0.05) is 0 Å². The Morgan fingerprint density at radius 2 is 2.33 bits per heavy atom. The largest absolute Gasteiger partial charge is 0.777 e. The maximum Gasteiger partial charge on any atom is 0.349 e. The Hall–Kier alpha value is -1.25. The maximum absolute atomic E-state index is 11.4. The summed E-state index contributed by atoms with van der Waals surface area (Å²) >= 11 is 0. The molecule has 4 N–H and O–H groups in total. The van der Waals surface area contributed by atoms with Crippen molar-refractivity contribution in [3.63, 3.8) is 0 Å². The number of rotatable bonds is 6. The van der Waals surface area contributed by atoms with Gasteiger partial charge in [0, 0.05) is 6.20 Å². The van der Waals surface area contributed by atoms with E-state index in [2.05, 4.69) is 4.98 Å². The molecule has 102 valence electrons. The summed E-state index contributed by atoms with van der Waals surface area (Å²) in [6.07, 6.45) is -0.551. The predicted octanol–water partition coefficient (Wildman–Crippen LogP) is -2.29. The zero-order chi connectivity index (χ0) is 13.8. The van der Waals surface area contributed by atoms with Crippen LogP contribution in [-0.4, -0.2) is 38.6 Å². The van der Waals surface area contributed by atoms with Gasteiger partial charge in [0.15, 0.2) is 7.60 Å². The first-order valence-corrected chi connectivity index (χ1v) is 6.66. The van der Waals surface area contributed by atoms with Gasteiger partial charge in [-0.15, -0.1) is 0 Å². The first-order valence-electron chi connectivity index (χ1n) is 4.90. The molecule has 0 spiro atoms. The van der Waals surface area contributed by atoms with Crippen molar-refractivity contribution in [2.45, 2.75) is 12.6 Å². The van der Waals surface area contributed by atoms with Gasteiger partial charge < -0.3 is 29.9 Å². The highest BCUT2D eigenvalue weighted by molar-refractivity contribution is 7.50. The second kappa shape index (κ2) is 6.07. The van der Waals surface area contributed by atoms with Crippen molar-refractivity contribution in [2.75, 3.05) is 18.7 Å². The van der Waals surface area contributed by atoms with E-state index < -0.39 is 32.3 Å². The Labute approximate surface area is 102 Å². The lowest BCUT2D eigenvalue weighted by atomic mass is 10.3. The number of aliphatic hydroxyl groups excluding tert-OH is 1. The first-order chi connectivity index (χ1) is 8.31. The fourth-order valence-corrected chi connectivity index (χ4v) is 1.56. The number of aromatic nitrogens is 2. The fourth-order valence-electron chi connectivity index (χ4n) is 1.16. The molecule has 2 unspecified atom stereocenters. The van der Waals surface area contributed by atoms with E-state index in [1.165, 1.54) is 12.3 Å². The van der Waals surface area contributed by atoms with Crippen molar-refractivity contribution in [1.29, 1.82) is 0 Å². The molecule has 0 aliphatic rings. The summed E-state index contributed by atoms with van der Waals surface area (Å²) in [6.45, 7) is -0.626. The molecule has 0 aliphatic heterocycles. The number of aliphatic hydroxyl groups is 1. The average Bonchev–Trinajstić information content (AvgIpc) is 2.25. The van der Waals surface area contributed by atoms with E-state index in [-0.39, 0.29) is 12.4 Å². The quantitative estimate of drug-likeness (QED) is 0.492. The summed E-state index contributed by atoms with van der Waals surface area (Å²) in [7, 11) is -4.56. The second-order valence-electron chi connectivity index (χ2n) is 3.53. The van der Waals surface area contributed by atoms with E-state index in [9.17, 15) is 14.3 Å². The van der Waals surface area contributed by atoms with Crippen LogP contribution < -0.4 is 16.3 Å². The Kier molecular flexibility index (Phi) is 5.00. The van der Waals surface area contributed by atoms with Gasteiger partial charge in [-0.2, -0.15) is 4.98 Å². The van der Waals surface area contributed by atoms with Crippen LogP contribution in [0.4, 0.5) is 5.82 Å². The Balaban J connectivity index is 2.68. The van der Waals surface area contributed by atoms with Gasteiger partial charge in [-0.25, -0.2) is 4.79 Å². The number of hydrogen-bond acceptors (Lipinski definition) is 7. The molecule has 9 nitrogen and oxygen atoms in total. The van der Waals surface area contributed by atoms with Crippen molar-refractivity contribution in [2.24, 2.45) is 0 Å². The van der Waals surface area contributed by atoms with Crippen molar-refractivity contribution >= 4 is 13.4 Å². The van der Waals surface area contributed by atoms with E-state index >= 15 is 0 Å². The van der Waals surface area contributed by atoms with Crippen LogP contribution in [0.2, 0.25) is 0 Å². The summed E-state index contributed by atoms with van der Waals surface area (Å²) in [6, 6.07) is 1.38. The molecule has 1 rings (SSSR count). The molecule has 1 aromatic rings. The molecule has 0 saturated heterocycles. The highest BCUT2D eigenvalue weighted by Crippen LogP contribution is 2.28. The molecular formula is C8H13N3O6P-. The van der Waals surface area contributed by atoms with Crippen LogP contribution in [-0.2, 0) is 15.8 Å². The molecule has 2 atom stereocenters. The molecule has 10 heteroatoms. The minimum atomic E-state index is -4.56. The van der Waals surface area contributed by atoms with Crippen LogP contribution in [0.1, 0.15) is 0 Å². The lowest BCUT2D eigenvalue weighted by Crippen LogP contribution is -2.32. The van der Waals surface area contributed by atoms with Gasteiger partial charge in [0.2, 0.25) is 0 Å². The van der Waals surface area contributed by atoms with Crippen LogP contribution in [0.15, 0.2) is 17.1 Å². The predicted molar refractivity (Wildman–Crippen MR) is 59.6 cm³/mol. The van der Waals surface area contributed by atoms with E-state index in [1.807, 2.05) is 0 Å². The van der Waals surface area contributed by atoms with Crippen molar-refractivity contribution < 1.29 is 24.2 Å². The van der Waals surface area contributed by atoms with Gasteiger partial charge >= 0.3 is 5.69 Å². The van der Waals surface area contributed by atoms with Crippen LogP contribution in [0.3, 0.4) is 0 Å². The van der Waals surface area contributed by atoms with Gasteiger partial charge in [-0.05, 0) is 6.07 Å². The molecular weight excluding hydrogens is 265 g/mol. The lowest BCUT2D eigenvalue weighted by Gasteiger charge is -2.21. The molecule has 0 bridgehead atoms. The number of nitrogens with zero attached hydrogens (tertiary/aromatic N) is 2. The Bertz CT molecular complexity index is 498. The normalized spacial score (nSPS) is 16.2. The highest BCUT2D eigenvalue weighted by Gasteiger charge is 2.13. The third kappa shape index (κ3) is 4.94. The zero-order valence-corrected chi connectivity index (χ0v) is 10.2. The summed E-state index contributed by atoms with van der Waals surface area (Å²) in [5.74, 6) is 0.0529. The summed E-state index contributed by atoms with van der Waals surface area (Å²) in [5, 5.41) is 8.97. The maximum atomic E-state index is 11.4. The lowest BCUT2D eigenvalue weighted by molar-refractivity contribution is -0.200. The van der Waals surface area contributed by atoms with Gasteiger partial charge in [0.1, 0.15) is 12.2 Å². The molecule has 0 saturated carbocycles. The topological polar surface area (TPSA) is 151 Å². The summed E-state index contributed by atoms with van der Waals surface area (Å²) in [4.78, 5) is 33.8. The van der Waals surface area contributed by atoms with Crippen molar-refractivity contribution in [1.82, 2.24) is 9.55 Å². The van der Waals surface area contributed by atoms with E-state index in [0.717, 1.165) is 4.57 Å². The Morgan fingerprint density at radius 1 is 1.67 bits per heavy atom. The SMILES string of the molecule is Nc1ccn(CC(CO)OCP(=O)([O-])O)c(=O)n1. The second-order valence-corrected chi connectivity index (χ2v) is 5.06. The molecule has 0 aliphatic carbocycles. The highest BCUT2D eigenvalue weighted by atomic mass is 31.2. The fraction of sp³-hybridized carbons (Fsp3) is 0.500. The van der Waals surface area contributed by atoms with Crippen LogP contribution in [0.25, 0.3) is 0 Å². The van der Waals surface area contributed by atoms with Crippen LogP contribution in [0, 0.1) is 0 Å².